The van der Waals surface area contributed by atoms with Gasteiger partial charge in [-0.1, -0.05) is 50.1 Å². The van der Waals surface area contributed by atoms with Crippen molar-refractivity contribution in [3.63, 3.8) is 0 Å². The van der Waals surface area contributed by atoms with E-state index in [4.69, 9.17) is 9.47 Å². The SMILES string of the molecule is CCCCOC(=O)N1CCN(C(=O)[C@H](CCC(=O)O)NC(=O)c2cc(OCCC3CCCCN3)cc(-c3ccccc3)n2)CC1. The van der Waals surface area contributed by atoms with Crippen LogP contribution in [-0.2, 0) is 14.3 Å². The van der Waals surface area contributed by atoms with E-state index < -0.39 is 29.9 Å². The van der Waals surface area contributed by atoms with Gasteiger partial charge in [0.15, 0.2) is 0 Å². The van der Waals surface area contributed by atoms with Gasteiger partial charge in [-0.05, 0) is 38.6 Å². The predicted molar refractivity (Wildman–Crippen MR) is 168 cm³/mol. The number of amides is 3. The Labute approximate surface area is 264 Å². The number of piperidine rings is 1. The zero-order valence-corrected chi connectivity index (χ0v) is 26.0. The van der Waals surface area contributed by atoms with Crippen LogP contribution in [0.4, 0.5) is 4.79 Å². The number of carboxylic acid groups (broad SMARTS) is 1. The molecule has 0 aliphatic carbocycles. The summed E-state index contributed by atoms with van der Waals surface area (Å²) in [5, 5.41) is 15.6. The lowest BCUT2D eigenvalue weighted by molar-refractivity contribution is -0.138. The number of hydrogen-bond donors (Lipinski definition) is 3. The van der Waals surface area contributed by atoms with E-state index in [0.717, 1.165) is 37.8 Å². The van der Waals surface area contributed by atoms with Gasteiger partial charge in [0.25, 0.3) is 5.91 Å². The number of aliphatic carboxylic acids is 1. The van der Waals surface area contributed by atoms with Crippen molar-refractivity contribution < 1.29 is 33.8 Å². The van der Waals surface area contributed by atoms with E-state index in [1.165, 1.54) is 12.8 Å². The molecule has 0 radical (unpaired) electrons. The lowest BCUT2D eigenvalue weighted by Gasteiger charge is -2.36. The highest BCUT2D eigenvalue weighted by molar-refractivity contribution is 5.97. The summed E-state index contributed by atoms with van der Waals surface area (Å²) >= 11 is 0. The Balaban J connectivity index is 1.45. The van der Waals surface area contributed by atoms with Crippen LogP contribution in [0.5, 0.6) is 5.75 Å². The van der Waals surface area contributed by atoms with Crippen molar-refractivity contribution >= 4 is 23.9 Å². The summed E-state index contributed by atoms with van der Waals surface area (Å²) in [4.78, 5) is 58.5. The second-order valence-electron chi connectivity index (χ2n) is 11.5. The van der Waals surface area contributed by atoms with Gasteiger partial charge in [0, 0.05) is 56.3 Å². The number of unbranched alkanes of at least 4 members (excludes halogenated alkanes) is 1. The topological polar surface area (TPSA) is 150 Å². The number of carbonyl (C=O) groups excluding carboxylic acids is 3. The third-order valence-corrected chi connectivity index (χ3v) is 8.07. The molecule has 45 heavy (non-hydrogen) atoms. The number of carboxylic acids is 1. The fourth-order valence-corrected chi connectivity index (χ4v) is 5.43. The molecule has 0 bridgehead atoms. The molecule has 2 fully saturated rings. The number of nitrogens with zero attached hydrogens (tertiary/aromatic N) is 3. The molecule has 3 heterocycles. The molecule has 3 amide bonds. The minimum atomic E-state index is -1.08. The minimum Gasteiger partial charge on any atom is -0.493 e. The average molecular weight is 624 g/mol. The first-order valence-electron chi connectivity index (χ1n) is 16.0. The normalized spacial score (nSPS) is 17.3. The minimum absolute atomic E-state index is 0.0647. The second kappa shape index (κ2) is 17.3. The molecule has 244 valence electrons. The van der Waals surface area contributed by atoms with Crippen molar-refractivity contribution in [1.82, 2.24) is 25.4 Å². The van der Waals surface area contributed by atoms with Crippen LogP contribution in [0.3, 0.4) is 0 Å². The number of benzene rings is 1. The lowest BCUT2D eigenvalue weighted by atomic mass is 10.0. The highest BCUT2D eigenvalue weighted by Gasteiger charge is 2.31. The van der Waals surface area contributed by atoms with Crippen LogP contribution in [0.15, 0.2) is 42.5 Å². The fourth-order valence-electron chi connectivity index (χ4n) is 5.43. The number of hydrogen-bond acceptors (Lipinski definition) is 8. The van der Waals surface area contributed by atoms with Gasteiger partial charge >= 0.3 is 12.1 Å². The van der Waals surface area contributed by atoms with Crippen molar-refractivity contribution in [2.45, 2.75) is 70.4 Å². The Morgan fingerprint density at radius 2 is 1.80 bits per heavy atom. The molecule has 12 heteroatoms. The Morgan fingerprint density at radius 1 is 1.04 bits per heavy atom. The van der Waals surface area contributed by atoms with Crippen molar-refractivity contribution in [2.75, 3.05) is 45.9 Å². The fraction of sp³-hybridized carbons (Fsp3) is 0.545. The van der Waals surface area contributed by atoms with Crippen LogP contribution in [-0.4, -0.2) is 102 Å². The van der Waals surface area contributed by atoms with Crippen molar-refractivity contribution in [3.05, 3.63) is 48.2 Å². The van der Waals surface area contributed by atoms with Crippen LogP contribution in [0, 0.1) is 0 Å². The lowest BCUT2D eigenvalue weighted by Crippen LogP contribution is -2.56. The molecular formula is C33H45N5O7. The standard InChI is InChI=1S/C33H45N5O7/c1-2-3-20-45-33(43)38-18-16-37(17-19-38)32(42)27(12-13-30(39)40)36-31(41)29-23-26(44-21-14-25-11-7-8-15-34-25)22-28(35-29)24-9-5-4-6-10-24/h4-6,9-10,22-23,25,27,34H,2-3,7-8,11-21H2,1H3,(H,36,41)(H,39,40)/t25?,27-/m0/s1. The summed E-state index contributed by atoms with van der Waals surface area (Å²) < 4.78 is 11.4. The van der Waals surface area contributed by atoms with Crippen molar-refractivity contribution in [3.8, 4) is 17.0 Å². The van der Waals surface area contributed by atoms with Gasteiger partial charge in [0.05, 0.1) is 18.9 Å². The van der Waals surface area contributed by atoms with E-state index in [0.29, 0.717) is 30.7 Å². The Bertz CT molecular complexity index is 1280. The third-order valence-electron chi connectivity index (χ3n) is 8.07. The van der Waals surface area contributed by atoms with Crippen LogP contribution < -0.4 is 15.4 Å². The number of carbonyl (C=O) groups is 4. The van der Waals surface area contributed by atoms with Crippen LogP contribution in [0.1, 0.15) is 68.8 Å². The summed E-state index contributed by atoms with van der Waals surface area (Å²) in [5.74, 6) is -1.60. The monoisotopic (exact) mass is 623 g/mol. The number of nitrogens with one attached hydrogen (secondary N) is 2. The Hall–Kier alpha value is -4.19. The highest BCUT2D eigenvalue weighted by atomic mass is 16.6. The molecule has 1 aromatic heterocycles. The first kappa shape index (κ1) is 33.7. The molecule has 1 aromatic carbocycles. The number of ether oxygens (including phenoxy) is 2. The molecule has 12 nitrogen and oxygen atoms in total. The number of piperazine rings is 1. The zero-order chi connectivity index (χ0) is 32.0. The quantitative estimate of drug-likeness (QED) is 0.268. The van der Waals surface area contributed by atoms with E-state index in [-0.39, 0.29) is 44.7 Å². The molecular weight excluding hydrogens is 578 g/mol. The molecule has 2 aromatic rings. The maximum atomic E-state index is 13.6. The molecule has 2 atom stereocenters. The molecule has 1 unspecified atom stereocenters. The van der Waals surface area contributed by atoms with Gasteiger partial charge in [0.1, 0.15) is 17.5 Å². The van der Waals surface area contributed by atoms with Gasteiger partial charge in [-0.3, -0.25) is 14.4 Å². The van der Waals surface area contributed by atoms with Crippen LogP contribution in [0.25, 0.3) is 11.3 Å². The Morgan fingerprint density at radius 3 is 2.49 bits per heavy atom. The maximum absolute atomic E-state index is 13.6. The summed E-state index contributed by atoms with van der Waals surface area (Å²) in [6.45, 7) is 4.90. The maximum Gasteiger partial charge on any atom is 0.409 e. The van der Waals surface area contributed by atoms with Gasteiger partial charge in [-0.15, -0.1) is 0 Å². The smallest absolute Gasteiger partial charge is 0.409 e. The van der Waals surface area contributed by atoms with Gasteiger partial charge in [-0.25, -0.2) is 9.78 Å². The summed E-state index contributed by atoms with van der Waals surface area (Å²) in [6.07, 6.45) is 5.20. The molecule has 2 aliphatic rings. The van der Waals surface area contributed by atoms with Crippen molar-refractivity contribution in [1.29, 1.82) is 0 Å². The molecule has 2 saturated heterocycles. The number of pyridine rings is 1. The first-order valence-corrected chi connectivity index (χ1v) is 16.0. The van der Waals surface area contributed by atoms with E-state index >= 15 is 0 Å². The first-order chi connectivity index (χ1) is 21.8. The van der Waals surface area contributed by atoms with E-state index in [1.807, 2.05) is 37.3 Å². The van der Waals surface area contributed by atoms with E-state index in [1.54, 1.807) is 21.9 Å². The summed E-state index contributed by atoms with van der Waals surface area (Å²) in [5.41, 5.74) is 1.41. The van der Waals surface area contributed by atoms with Gasteiger partial charge in [-0.2, -0.15) is 0 Å². The molecule has 0 saturated carbocycles. The molecule has 0 spiro atoms. The second-order valence-corrected chi connectivity index (χ2v) is 11.5. The molecule has 4 rings (SSSR count). The highest BCUT2D eigenvalue weighted by Crippen LogP contribution is 2.24. The van der Waals surface area contributed by atoms with Gasteiger partial charge in [0.2, 0.25) is 5.91 Å². The van der Waals surface area contributed by atoms with E-state index in [2.05, 4.69) is 15.6 Å². The van der Waals surface area contributed by atoms with Crippen LogP contribution >= 0.6 is 0 Å². The summed E-state index contributed by atoms with van der Waals surface area (Å²) in [7, 11) is 0. The average Bonchev–Trinajstić information content (AvgIpc) is 3.07. The summed E-state index contributed by atoms with van der Waals surface area (Å²) in [6, 6.07) is 12.1. The van der Waals surface area contributed by atoms with Gasteiger partial charge < -0.3 is 35.0 Å². The number of aromatic nitrogens is 1. The molecule has 2 aliphatic heterocycles. The van der Waals surface area contributed by atoms with Crippen molar-refractivity contribution in [2.24, 2.45) is 0 Å². The largest absolute Gasteiger partial charge is 0.493 e. The predicted octanol–water partition coefficient (Wildman–Crippen LogP) is 3.70. The zero-order valence-electron chi connectivity index (χ0n) is 26.0. The number of rotatable bonds is 14. The van der Waals surface area contributed by atoms with Crippen LogP contribution in [0.2, 0.25) is 0 Å². The Kier molecular flexibility index (Phi) is 13.0. The third kappa shape index (κ3) is 10.4. The van der Waals surface area contributed by atoms with E-state index in [9.17, 15) is 24.3 Å². The molecule has 3 N–H and O–H groups in total.